The lowest BCUT2D eigenvalue weighted by molar-refractivity contribution is -0.113. The van der Waals surface area contributed by atoms with Crippen molar-refractivity contribution in [3.63, 3.8) is 0 Å². The number of halogens is 2. The van der Waals surface area contributed by atoms with E-state index in [-0.39, 0.29) is 17.2 Å². The van der Waals surface area contributed by atoms with E-state index in [0.717, 1.165) is 27.5 Å². The summed E-state index contributed by atoms with van der Waals surface area (Å²) in [7, 11) is 0. The zero-order valence-electron chi connectivity index (χ0n) is 12.4. The van der Waals surface area contributed by atoms with Gasteiger partial charge in [-0.05, 0) is 40.5 Å². The summed E-state index contributed by atoms with van der Waals surface area (Å²) in [5, 5.41) is 3.28. The summed E-state index contributed by atoms with van der Waals surface area (Å²) in [4.78, 5) is 30.6. The van der Waals surface area contributed by atoms with Gasteiger partial charge in [-0.3, -0.25) is 9.59 Å². The van der Waals surface area contributed by atoms with Gasteiger partial charge in [0.05, 0.1) is 11.4 Å². The first-order valence-electron chi connectivity index (χ1n) is 6.96. The maximum atomic E-state index is 12.1. The van der Waals surface area contributed by atoms with Crippen LogP contribution in [0.3, 0.4) is 0 Å². The van der Waals surface area contributed by atoms with Gasteiger partial charge in [0.1, 0.15) is 0 Å². The number of aromatic nitrogens is 2. The normalized spacial score (nSPS) is 10.6. The predicted molar refractivity (Wildman–Crippen MR) is 100 cm³/mol. The van der Waals surface area contributed by atoms with Gasteiger partial charge in [-0.1, -0.05) is 41.0 Å². The Balaban J connectivity index is 1.99. The van der Waals surface area contributed by atoms with Gasteiger partial charge in [0.15, 0.2) is 5.16 Å². The summed E-state index contributed by atoms with van der Waals surface area (Å²) in [6, 6.07) is 7.03. The maximum Gasteiger partial charge on any atom is 0.251 e. The number of H-pyrrole nitrogens is 1. The van der Waals surface area contributed by atoms with Crippen molar-refractivity contribution in [2.75, 3.05) is 11.1 Å². The van der Waals surface area contributed by atoms with Gasteiger partial charge >= 0.3 is 0 Å². The zero-order chi connectivity index (χ0) is 16.8. The number of aryl methyl sites for hydroxylation is 1. The molecule has 2 rings (SSSR count). The van der Waals surface area contributed by atoms with E-state index in [0.29, 0.717) is 10.8 Å². The molecule has 1 aromatic heterocycles. The Bertz CT molecular complexity index is 765. The molecule has 0 spiro atoms. The fourth-order valence-corrected chi connectivity index (χ4v) is 3.25. The fraction of sp³-hybridized carbons (Fsp3) is 0.267. The van der Waals surface area contributed by atoms with Crippen LogP contribution in [0.1, 0.15) is 19.0 Å². The first kappa shape index (κ1) is 18.2. The molecule has 0 saturated carbocycles. The molecule has 0 atom stereocenters. The van der Waals surface area contributed by atoms with Gasteiger partial charge in [-0.2, -0.15) is 0 Å². The van der Waals surface area contributed by atoms with Crippen LogP contribution in [0.25, 0.3) is 0 Å². The van der Waals surface area contributed by atoms with Gasteiger partial charge in [-0.15, -0.1) is 0 Å². The predicted octanol–water partition coefficient (Wildman–Crippen LogP) is 3.98. The third-order valence-electron chi connectivity index (χ3n) is 2.82. The van der Waals surface area contributed by atoms with Gasteiger partial charge in [0, 0.05) is 20.7 Å². The number of nitrogens with zero attached hydrogens (tertiary/aromatic N) is 1. The number of aromatic amines is 1. The summed E-state index contributed by atoms with van der Waals surface area (Å²) >= 11 is 7.96. The van der Waals surface area contributed by atoms with Crippen molar-refractivity contribution < 1.29 is 4.79 Å². The molecule has 0 aliphatic carbocycles. The van der Waals surface area contributed by atoms with Crippen LogP contribution in [0.2, 0.25) is 0 Å². The number of hydrogen-bond donors (Lipinski definition) is 2. The average molecular weight is 461 g/mol. The fourth-order valence-electron chi connectivity index (χ4n) is 1.85. The van der Waals surface area contributed by atoms with Crippen molar-refractivity contribution in [3.8, 4) is 0 Å². The van der Waals surface area contributed by atoms with Crippen molar-refractivity contribution in [1.29, 1.82) is 0 Å². The molecule has 122 valence electrons. The molecular formula is C15H15Br2N3O2S. The number of benzene rings is 1. The molecule has 8 heteroatoms. The van der Waals surface area contributed by atoms with E-state index in [1.54, 1.807) is 0 Å². The van der Waals surface area contributed by atoms with Crippen LogP contribution in [-0.4, -0.2) is 21.6 Å². The first-order valence-corrected chi connectivity index (χ1v) is 9.53. The number of rotatable bonds is 6. The van der Waals surface area contributed by atoms with Gasteiger partial charge < -0.3 is 10.3 Å². The van der Waals surface area contributed by atoms with Crippen LogP contribution < -0.4 is 10.9 Å². The smallest absolute Gasteiger partial charge is 0.251 e. The second kappa shape index (κ2) is 8.65. The minimum atomic E-state index is -0.193. The van der Waals surface area contributed by atoms with Crippen molar-refractivity contribution in [2.24, 2.45) is 0 Å². The highest BCUT2D eigenvalue weighted by molar-refractivity contribution is 9.11. The molecule has 0 aliphatic rings. The van der Waals surface area contributed by atoms with Crippen molar-refractivity contribution >= 4 is 55.2 Å². The van der Waals surface area contributed by atoms with Crippen LogP contribution in [0, 0.1) is 0 Å². The second-order valence-electron chi connectivity index (χ2n) is 4.75. The molecule has 0 fully saturated rings. The van der Waals surface area contributed by atoms with Gasteiger partial charge in [0.25, 0.3) is 5.56 Å². The van der Waals surface area contributed by atoms with Crippen molar-refractivity contribution in [2.45, 2.75) is 24.9 Å². The molecular weight excluding hydrogens is 446 g/mol. The topological polar surface area (TPSA) is 74.8 Å². The largest absolute Gasteiger partial charge is 0.324 e. The van der Waals surface area contributed by atoms with E-state index in [9.17, 15) is 9.59 Å². The number of hydrogen-bond acceptors (Lipinski definition) is 4. The molecule has 2 aromatic rings. The van der Waals surface area contributed by atoms with E-state index < -0.39 is 0 Å². The molecule has 2 N–H and O–H groups in total. The Morgan fingerprint density at radius 1 is 1.35 bits per heavy atom. The molecule has 0 radical (unpaired) electrons. The minimum Gasteiger partial charge on any atom is -0.324 e. The number of nitrogens with one attached hydrogen (secondary N) is 2. The Morgan fingerprint density at radius 2 is 2.13 bits per heavy atom. The van der Waals surface area contributed by atoms with Gasteiger partial charge in [-0.25, -0.2) is 4.98 Å². The van der Waals surface area contributed by atoms with Crippen LogP contribution >= 0.6 is 43.6 Å². The third kappa shape index (κ3) is 5.78. The van der Waals surface area contributed by atoms with Crippen molar-refractivity contribution in [3.05, 3.63) is 49.3 Å². The summed E-state index contributed by atoms with van der Waals surface area (Å²) in [6.07, 6.45) is 1.66. The van der Waals surface area contributed by atoms with Crippen molar-refractivity contribution in [1.82, 2.24) is 9.97 Å². The maximum absolute atomic E-state index is 12.1. The molecule has 0 saturated heterocycles. The van der Waals surface area contributed by atoms with E-state index in [1.807, 2.05) is 25.1 Å². The molecule has 5 nitrogen and oxygen atoms in total. The highest BCUT2D eigenvalue weighted by Crippen LogP contribution is 2.26. The minimum absolute atomic E-state index is 0.164. The van der Waals surface area contributed by atoms with Crippen LogP contribution in [-0.2, 0) is 11.2 Å². The molecule has 0 unspecified atom stereocenters. The number of carbonyl (C=O) groups is 1. The number of amides is 1. The molecule has 1 heterocycles. The quantitative estimate of drug-likeness (QED) is 0.505. The van der Waals surface area contributed by atoms with E-state index in [2.05, 4.69) is 47.1 Å². The van der Waals surface area contributed by atoms with Crippen LogP contribution in [0.4, 0.5) is 5.69 Å². The Hall–Kier alpha value is -1.12. The van der Waals surface area contributed by atoms with Gasteiger partial charge in [0.2, 0.25) is 5.91 Å². The highest BCUT2D eigenvalue weighted by atomic mass is 79.9. The second-order valence-corrected chi connectivity index (χ2v) is 7.49. The third-order valence-corrected chi connectivity index (χ3v) is 4.88. The van der Waals surface area contributed by atoms with Crippen LogP contribution in [0.15, 0.2) is 43.2 Å². The molecule has 1 aromatic carbocycles. The lowest BCUT2D eigenvalue weighted by atomic mass is 10.2. The highest BCUT2D eigenvalue weighted by Gasteiger charge is 2.09. The number of thioether (sulfide) groups is 1. The summed E-state index contributed by atoms with van der Waals surface area (Å²) < 4.78 is 1.68. The molecule has 23 heavy (non-hydrogen) atoms. The summed E-state index contributed by atoms with van der Waals surface area (Å²) in [5.74, 6) is -0.00497. The lowest BCUT2D eigenvalue weighted by Crippen LogP contribution is -2.16. The Labute approximate surface area is 154 Å². The number of anilines is 1. The molecule has 0 bridgehead atoms. The van der Waals surface area contributed by atoms with E-state index in [1.165, 1.54) is 17.8 Å². The monoisotopic (exact) mass is 459 g/mol. The average Bonchev–Trinajstić information content (AvgIpc) is 2.49. The Morgan fingerprint density at radius 3 is 2.87 bits per heavy atom. The van der Waals surface area contributed by atoms with E-state index >= 15 is 0 Å². The molecule has 0 aliphatic heterocycles. The lowest BCUT2D eigenvalue weighted by Gasteiger charge is -2.08. The first-order chi connectivity index (χ1) is 11.0. The summed E-state index contributed by atoms with van der Waals surface area (Å²) in [6.45, 7) is 2.03. The summed E-state index contributed by atoms with van der Waals surface area (Å²) in [5.41, 5.74) is 1.24. The number of carbonyl (C=O) groups excluding carboxylic acids is 1. The molecule has 1 amide bonds. The Kier molecular flexibility index (Phi) is 6.86. The van der Waals surface area contributed by atoms with Crippen LogP contribution in [0.5, 0.6) is 0 Å². The standard InChI is InChI=1S/C15H15Br2N3O2S/c1-2-3-10-7-13(21)20-15(18-10)23-8-14(22)19-12-6-9(16)4-5-11(12)17/h4-7H,2-3,8H2,1H3,(H,19,22)(H,18,20,21). The zero-order valence-corrected chi connectivity index (χ0v) is 16.3. The van der Waals surface area contributed by atoms with E-state index in [4.69, 9.17) is 0 Å². The SMILES string of the molecule is CCCc1cc(=O)[nH]c(SCC(=O)Nc2cc(Br)ccc2Br)n1.